The first-order valence-electron chi connectivity index (χ1n) is 7.78. The summed E-state index contributed by atoms with van der Waals surface area (Å²) in [6, 6.07) is -2.20. The van der Waals surface area contributed by atoms with Crippen molar-refractivity contribution in [2.75, 3.05) is 6.54 Å². The summed E-state index contributed by atoms with van der Waals surface area (Å²) in [5, 5.41) is 6.75. The fraction of sp³-hybridized carbons (Fsp3) is 0.667. The van der Waals surface area contributed by atoms with E-state index >= 15 is 0 Å². The lowest BCUT2D eigenvalue weighted by Crippen LogP contribution is -2.57. The van der Waals surface area contributed by atoms with Crippen molar-refractivity contribution in [3.63, 3.8) is 0 Å². The van der Waals surface area contributed by atoms with Crippen molar-refractivity contribution < 1.29 is 22.8 Å². The highest BCUT2D eigenvalue weighted by molar-refractivity contribution is 5.94. The molecule has 2 heterocycles. The lowest BCUT2D eigenvalue weighted by molar-refractivity contribution is -0.196. The molecule has 0 aromatic carbocycles. The second-order valence-electron chi connectivity index (χ2n) is 6.28. The molecule has 0 spiro atoms. The van der Waals surface area contributed by atoms with Gasteiger partial charge in [-0.2, -0.15) is 18.3 Å². The van der Waals surface area contributed by atoms with E-state index in [1.54, 1.807) is 10.9 Å². The summed E-state index contributed by atoms with van der Waals surface area (Å²) in [4.78, 5) is 24.5. The van der Waals surface area contributed by atoms with E-state index in [9.17, 15) is 22.8 Å². The van der Waals surface area contributed by atoms with Crippen LogP contribution in [0.2, 0.25) is 0 Å². The topological polar surface area (TPSA) is 67.2 Å². The summed E-state index contributed by atoms with van der Waals surface area (Å²) in [7, 11) is 0. The number of nitrogens with one attached hydrogen (secondary N) is 1. The monoisotopic (exact) mass is 346 g/mol. The number of carbonyl (C=O) groups is 2. The molecule has 1 aliphatic heterocycles. The van der Waals surface area contributed by atoms with Gasteiger partial charge in [-0.1, -0.05) is 0 Å². The zero-order valence-electron chi connectivity index (χ0n) is 13.8. The van der Waals surface area contributed by atoms with Crippen molar-refractivity contribution in [2.45, 2.75) is 57.9 Å². The molecule has 1 aromatic heterocycles. The number of nitrogens with zero attached hydrogens (tertiary/aromatic N) is 3. The van der Waals surface area contributed by atoms with E-state index in [0.29, 0.717) is 5.56 Å². The van der Waals surface area contributed by atoms with Gasteiger partial charge in [0.05, 0.1) is 11.8 Å². The SMILES string of the molecule is CC(=O)N1C[C@@H](NC(=O)c2cnn(C(C)C)c2)CC[C@@H]1C(F)(F)F. The number of piperidine rings is 1. The average Bonchev–Trinajstić information content (AvgIpc) is 2.96. The maximum atomic E-state index is 13.0. The average molecular weight is 346 g/mol. The normalized spacial score (nSPS) is 21.9. The number of alkyl halides is 3. The quantitative estimate of drug-likeness (QED) is 0.912. The molecule has 0 saturated carbocycles. The molecule has 0 bridgehead atoms. The third-order valence-electron chi connectivity index (χ3n) is 4.09. The Labute approximate surface area is 138 Å². The number of carbonyl (C=O) groups excluding carboxylic acids is 2. The van der Waals surface area contributed by atoms with Crippen LogP contribution in [0, 0.1) is 0 Å². The van der Waals surface area contributed by atoms with Crippen LogP contribution in [0.1, 0.15) is 50.0 Å². The molecule has 2 atom stereocenters. The first kappa shape index (κ1) is 18.3. The van der Waals surface area contributed by atoms with Crippen LogP contribution < -0.4 is 5.32 Å². The van der Waals surface area contributed by atoms with Gasteiger partial charge in [-0.15, -0.1) is 0 Å². The molecule has 2 rings (SSSR count). The molecule has 1 fully saturated rings. The molecule has 1 aromatic rings. The van der Waals surface area contributed by atoms with Crippen LogP contribution in [0.3, 0.4) is 0 Å². The standard InChI is InChI=1S/C15H21F3N4O2/c1-9(2)22-7-11(6-19-22)14(24)20-12-4-5-13(15(16,17)18)21(8-12)10(3)23/h6-7,9,12-13H,4-5,8H2,1-3H3,(H,20,24)/t12-,13+/m0/s1. The van der Waals surface area contributed by atoms with Crippen molar-refractivity contribution >= 4 is 11.8 Å². The Morgan fingerprint density at radius 3 is 2.50 bits per heavy atom. The first-order valence-corrected chi connectivity index (χ1v) is 7.78. The number of rotatable bonds is 3. The Hall–Kier alpha value is -2.06. The Balaban J connectivity index is 2.03. The van der Waals surface area contributed by atoms with Gasteiger partial charge in [-0.25, -0.2) is 0 Å². The maximum absolute atomic E-state index is 13.0. The molecule has 6 nitrogen and oxygen atoms in total. The predicted octanol–water partition coefficient (Wildman–Crippen LogP) is 2.14. The number of aromatic nitrogens is 2. The fourth-order valence-electron chi connectivity index (χ4n) is 2.78. The highest BCUT2D eigenvalue weighted by atomic mass is 19.4. The number of hydrogen-bond donors (Lipinski definition) is 1. The summed E-state index contributed by atoms with van der Waals surface area (Å²) in [5.74, 6) is -1.05. The largest absolute Gasteiger partial charge is 0.408 e. The highest BCUT2D eigenvalue weighted by Crippen LogP contribution is 2.32. The van der Waals surface area contributed by atoms with Gasteiger partial charge in [0.25, 0.3) is 5.91 Å². The molecule has 134 valence electrons. The van der Waals surface area contributed by atoms with Gasteiger partial charge >= 0.3 is 6.18 Å². The number of likely N-dealkylation sites (tertiary alicyclic amines) is 1. The van der Waals surface area contributed by atoms with Crippen LogP contribution in [0.5, 0.6) is 0 Å². The van der Waals surface area contributed by atoms with Crippen LogP contribution in [-0.4, -0.2) is 51.3 Å². The van der Waals surface area contributed by atoms with Crippen molar-refractivity contribution in [2.24, 2.45) is 0 Å². The molecule has 9 heteroatoms. The highest BCUT2D eigenvalue weighted by Gasteiger charge is 2.47. The van der Waals surface area contributed by atoms with Crippen molar-refractivity contribution in [1.29, 1.82) is 0 Å². The molecular formula is C15H21F3N4O2. The van der Waals surface area contributed by atoms with Crippen LogP contribution in [0.25, 0.3) is 0 Å². The Morgan fingerprint density at radius 2 is 2.00 bits per heavy atom. The second-order valence-corrected chi connectivity index (χ2v) is 6.28. The molecule has 1 N–H and O–H groups in total. The molecule has 0 aliphatic carbocycles. The van der Waals surface area contributed by atoms with E-state index in [1.807, 2.05) is 13.8 Å². The molecule has 0 unspecified atom stereocenters. The minimum Gasteiger partial charge on any atom is -0.347 e. The van der Waals surface area contributed by atoms with Gasteiger partial charge in [-0.05, 0) is 26.7 Å². The summed E-state index contributed by atoms with van der Waals surface area (Å²) in [5.41, 5.74) is 0.344. The Bertz CT molecular complexity index is 612. The van der Waals surface area contributed by atoms with E-state index in [0.717, 1.165) is 11.8 Å². The summed E-state index contributed by atoms with van der Waals surface area (Å²) in [6.07, 6.45) is -1.51. The molecule has 2 amide bonds. The van der Waals surface area contributed by atoms with Crippen LogP contribution >= 0.6 is 0 Å². The van der Waals surface area contributed by atoms with Crippen molar-refractivity contribution in [3.05, 3.63) is 18.0 Å². The molecule has 0 radical (unpaired) electrons. The van der Waals surface area contributed by atoms with Crippen molar-refractivity contribution in [1.82, 2.24) is 20.0 Å². The third-order valence-corrected chi connectivity index (χ3v) is 4.09. The van der Waals surface area contributed by atoms with Crippen molar-refractivity contribution in [3.8, 4) is 0 Å². The van der Waals surface area contributed by atoms with E-state index in [4.69, 9.17) is 0 Å². The first-order chi connectivity index (χ1) is 11.1. The maximum Gasteiger partial charge on any atom is 0.408 e. The van der Waals surface area contributed by atoms with E-state index in [1.165, 1.54) is 6.20 Å². The molecular weight excluding hydrogens is 325 g/mol. The van der Waals surface area contributed by atoms with Gasteiger partial charge in [0.1, 0.15) is 6.04 Å². The molecule has 24 heavy (non-hydrogen) atoms. The number of hydrogen-bond acceptors (Lipinski definition) is 3. The summed E-state index contributed by atoms with van der Waals surface area (Å²) >= 11 is 0. The Morgan fingerprint density at radius 1 is 1.33 bits per heavy atom. The van der Waals surface area contributed by atoms with Gasteiger partial charge in [0.2, 0.25) is 5.91 Å². The van der Waals surface area contributed by atoms with Gasteiger partial charge in [0.15, 0.2) is 0 Å². The summed E-state index contributed by atoms with van der Waals surface area (Å²) < 4.78 is 40.6. The second kappa shape index (κ2) is 6.82. The zero-order chi connectivity index (χ0) is 18.1. The Kier molecular flexibility index (Phi) is 5.19. The minimum atomic E-state index is -4.46. The van der Waals surface area contributed by atoms with Crippen LogP contribution in [-0.2, 0) is 4.79 Å². The number of halogens is 3. The van der Waals surface area contributed by atoms with Crippen LogP contribution in [0.4, 0.5) is 13.2 Å². The van der Waals surface area contributed by atoms with E-state index in [2.05, 4.69) is 10.4 Å². The minimum absolute atomic E-state index is 0.0991. The van der Waals surface area contributed by atoms with Crippen LogP contribution in [0.15, 0.2) is 12.4 Å². The fourth-order valence-corrected chi connectivity index (χ4v) is 2.78. The zero-order valence-corrected chi connectivity index (χ0v) is 13.8. The number of amides is 2. The van der Waals surface area contributed by atoms with E-state index in [-0.39, 0.29) is 25.4 Å². The lowest BCUT2D eigenvalue weighted by Gasteiger charge is -2.40. The van der Waals surface area contributed by atoms with Gasteiger partial charge < -0.3 is 10.2 Å². The van der Waals surface area contributed by atoms with Gasteiger partial charge in [0, 0.05) is 31.7 Å². The third kappa shape index (κ3) is 4.07. The molecule has 1 saturated heterocycles. The molecule has 1 aliphatic rings. The van der Waals surface area contributed by atoms with Gasteiger partial charge in [-0.3, -0.25) is 14.3 Å². The van der Waals surface area contributed by atoms with E-state index < -0.39 is 30.1 Å². The predicted molar refractivity (Wildman–Crippen MR) is 80.3 cm³/mol. The summed E-state index contributed by atoms with van der Waals surface area (Å²) in [6.45, 7) is 4.79. The lowest BCUT2D eigenvalue weighted by atomic mass is 9.97. The smallest absolute Gasteiger partial charge is 0.347 e.